The van der Waals surface area contributed by atoms with Crippen molar-refractivity contribution in [3.63, 3.8) is 0 Å². The summed E-state index contributed by atoms with van der Waals surface area (Å²) in [7, 11) is -3.45. The van der Waals surface area contributed by atoms with Gasteiger partial charge in [0.15, 0.2) is 0 Å². The molecule has 0 spiro atoms. The van der Waals surface area contributed by atoms with E-state index in [1.165, 1.54) is 17.1 Å². The van der Waals surface area contributed by atoms with Crippen LogP contribution in [0.3, 0.4) is 0 Å². The molecule has 4 nitrogen and oxygen atoms in total. The van der Waals surface area contributed by atoms with E-state index in [1.54, 1.807) is 6.07 Å². The molecule has 21 heavy (non-hydrogen) atoms. The third-order valence-electron chi connectivity index (χ3n) is 3.64. The van der Waals surface area contributed by atoms with Crippen LogP contribution in [0.5, 0.6) is 0 Å². The van der Waals surface area contributed by atoms with Crippen molar-refractivity contribution in [1.82, 2.24) is 9.62 Å². The van der Waals surface area contributed by atoms with Gasteiger partial charge >= 0.3 is 0 Å². The number of hydrogen-bond donors (Lipinski definition) is 1. The number of sulfonamides is 1. The first-order valence-electron chi connectivity index (χ1n) is 7.40. The van der Waals surface area contributed by atoms with E-state index < -0.39 is 10.0 Å². The highest BCUT2D eigenvalue weighted by atomic mass is 79.9. The average molecular weight is 375 g/mol. The van der Waals surface area contributed by atoms with Crippen LogP contribution in [-0.4, -0.2) is 31.4 Å². The van der Waals surface area contributed by atoms with Gasteiger partial charge in [-0.05, 0) is 60.3 Å². The molecule has 0 saturated heterocycles. The molecule has 1 N–H and O–H groups in total. The van der Waals surface area contributed by atoms with E-state index >= 15 is 0 Å². The molecule has 1 saturated carbocycles. The minimum atomic E-state index is -3.45. The number of halogens is 1. The maximum atomic E-state index is 12.7. The molecule has 1 aromatic carbocycles. The lowest BCUT2D eigenvalue weighted by atomic mass is 10.2. The van der Waals surface area contributed by atoms with Gasteiger partial charge < -0.3 is 5.32 Å². The summed E-state index contributed by atoms with van der Waals surface area (Å²) in [5.41, 5.74) is 1.10. The summed E-state index contributed by atoms with van der Waals surface area (Å²) in [4.78, 5) is 0.341. The SMILES string of the molecule is CCN(C(C)C)S(=O)(=O)c1ccc(CNC2CC2)cc1Br. The Morgan fingerprint density at radius 2 is 2.05 bits per heavy atom. The minimum absolute atomic E-state index is 0.0527. The first-order valence-corrected chi connectivity index (χ1v) is 9.63. The van der Waals surface area contributed by atoms with Crippen LogP contribution in [0.2, 0.25) is 0 Å². The molecule has 0 atom stereocenters. The van der Waals surface area contributed by atoms with Crippen LogP contribution in [0.15, 0.2) is 27.6 Å². The quantitative estimate of drug-likeness (QED) is 0.797. The summed E-state index contributed by atoms with van der Waals surface area (Å²) >= 11 is 3.42. The largest absolute Gasteiger partial charge is 0.310 e. The van der Waals surface area contributed by atoms with Crippen LogP contribution in [0.1, 0.15) is 39.2 Å². The summed E-state index contributed by atoms with van der Waals surface area (Å²) in [6, 6.07) is 6.08. The van der Waals surface area contributed by atoms with Crippen molar-refractivity contribution >= 4 is 26.0 Å². The van der Waals surface area contributed by atoms with Crippen molar-refractivity contribution in [2.45, 2.75) is 57.1 Å². The molecule has 1 fully saturated rings. The highest BCUT2D eigenvalue weighted by Gasteiger charge is 2.27. The molecule has 0 bridgehead atoms. The van der Waals surface area contributed by atoms with Gasteiger partial charge in [0.25, 0.3) is 0 Å². The normalized spacial score (nSPS) is 15.9. The molecule has 1 aromatic rings. The second-order valence-electron chi connectivity index (χ2n) is 5.72. The van der Waals surface area contributed by atoms with E-state index in [2.05, 4.69) is 21.2 Å². The lowest BCUT2D eigenvalue weighted by Gasteiger charge is -2.25. The van der Waals surface area contributed by atoms with Crippen molar-refractivity contribution < 1.29 is 8.42 Å². The fourth-order valence-electron chi connectivity index (χ4n) is 2.35. The second-order valence-corrected chi connectivity index (χ2v) is 8.44. The Hall–Kier alpha value is -0.430. The molecule has 2 rings (SSSR count). The lowest BCUT2D eigenvalue weighted by Crippen LogP contribution is -2.36. The van der Waals surface area contributed by atoms with Crippen LogP contribution in [0.4, 0.5) is 0 Å². The Morgan fingerprint density at radius 3 is 2.52 bits per heavy atom. The Kier molecular flexibility index (Phi) is 5.46. The van der Waals surface area contributed by atoms with Crippen LogP contribution in [0.25, 0.3) is 0 Å². The molecule has 6 heteroatoms. The molecule has 1 aliphatic carbocycles. The first kappa shape index (κ1) is 16.9. The maximum absolute atomic E-state index is 12.7. The molecule has 118 valence electrons. The van der Waals surface area contributed by atoms with E-state index in [4.69, 9.17) is 0 Å². The van der Waals surface area contributed by atoms with Gasteiger partial charge in [0.1, 0.15) is 0 Å². The third kappa shape index (κ3) is 4.06. The van der Waals surface area contributed by atoms with Crippen molar-refractivity contribution in [3.05, 3.63) is 28.2 Å². The van der Waals surface area contributed by atoms with E-state index in [1.807, 2.05) is 32.9 Å². The van der Waals surface area contributed by atoms with Crippen molar-refractivity contribution in [1.29, 1.82) is 0 Å². The molecular formula is C15H23BrN2O2S. The van der Waals surface area contributed by atoms with E-state index in [9.17, 15) is 8.42 Å². The molecule has 0 unspecified atom stereocenters. The number of hydrogen-bond acceptors (Lipinski definition) is 3. The molecule has 0 aliphatic heterocycles. The van der Waals surface area contributed by atoms with Crippen molar-refractivity contribution in [3.8, 4) is 0 Å². The highest BCUT2D eigenvalue weighted by Crippen LogP contribution is 2.28. The molecule has 0 radical (unpaired) electrons. The zero-order valence-electron chi connectivity index (χ0n) is 12.8. The Morgan fingerprint density at radius 1 is 1.38 bits per heavy atom. The van der Waals surface area contributed by atoms with Crippen LogP contribution in [0, 0.1) is 0 Å². The van der Waals surface area contributed by atoms with Gasteiger partial charge in [-0.15, -0.1) is 0 Å². The van der Waals surface area contributed by atoms with E-state index in [0.717, 1.165) is 12.1 Å². The van der Waals surface area contributed by atoms with Gasteiger partial charge in [-0.1, -0.05) is 13.0 Å². The third-order valence-corrected chi connectivity index (χ3v) is 6.77. The standard InChI is InChI=1S/C15H23BrN2O2S/c1-4-18(11(2)3)21(19,20)15-8-5-12(9-14(15)16)10-17-13-6-7-13/h5,8-9,11,13,17H,4,6-7,10H2,1-3H3. The maximum Gasteiger partial charge on any atom is 0.244 e. The number of nitrogens with zero attached hydrogens (tertiary/aromatic N) is 1. The highest BCUT2D eigenvalue weighted by molar-refractivity contribution is 9.10. The second kappa shape index (κ2) is 6.77. The first-order chi connectivity index (χ1) is 9.86. The van der Waals surface area contributed by atoms with Gasteiger partial charge in [0.2, 0.25) is 10.0 Å². The fraction of sp³-hybridized carbons (Fsp3) is 0.600. The monoisotopic (exact) mass is 374 g/mol. The fourth-order valence-corrected chi connectivity index (χ4v) is 5.09. The van der Waals surface area contributed by atoms with Crippen molar-refractivity contribution in [2.24, 2.45) is 0 Å². The molecule has 0 heterocycles. The van der Waals surface area contributed by atoms with E-state index in [-0.39, 0.29) is 6.04 Å². The molecule has 0 amide bonds. The number of nitrogens with one attached hydrogen (secondary N) is 1. The van der Waals surface area contributed by atoms with Gasteiger partial charge in [-0.3, -0.25) is 0 Å². The van der Waals surface area contributed by atoms with Crippen LogP contribution >= 0.6 is 15.9 Å². The summed E-state index contributed by atoms with van der Waals surface area (Å²) in [5.74, 6) is 0. The summed E-state index contributed by atoms with van der Waals surface area (Å²) in [6.45, 7) is 6.90. The topological polar surface area (TPSA) is 49.4 Å². The van der Waals surface area contributed by atoms with Crippen LogP contribution in [-0.2, 0) is 16.6 Å². The Bertz CT molecular complexity index is 598. The number of rotatable bonds is 7. The summed E-state index contributed by atoms with van der Waals surface area (Å²) in [5, 5.41) is 3.43. The molecule has 1 aliphatic rings. The predicted molar refractivity (Wildman–Crippen MR) is 88.7 cm³/mol. The van der Waals surface area contributed by atoms with Crippen LogP contribution < -0.4 is 5.32 Å². The minimum Gasteiger partial charge on any atom is -0.310 e. The molecular weight excluding hydrogens is 352 g/mol. The Balaban J connectivity index is 2.22. The zero-order chi connectivity index (χ0) is 15.6. The molecule has 0 aromatic heterocycles. The summed E-state index contributed by atoms with van der Waals surface area (Å²) < 4.78 is 27.5. The van der Waals surface area contributed by atoms with Crippen molar-refractivity contribution in [2.75, 3.05) is 6.54 Å². The summed E-state index contributed by atoms with van der Waals surface area (Å²) in [6.07, 6.45) is 2.49. The zero-order valence-corrected chi connectivity index (χ0v) is 15.2. The Labute approximate surface area is 136 Å². The van der Waals surface area contributed by atoms with Gasteiger partial charge in [0, 0.05) is 29.6 Å². The predicted octanol–water partition coefficient (Wildman–Crippen LogP) is 3.12. The van der Waals surface area contributed by atoms with Gasteiger partial charge in [-0.25, -0.2) is 8.42 Å². The van der Waals surface area contributed by atoms with Gasteiger partial charge in [-0.2, -0.15) is 4.31 Å². The smallest absolute Gasteiger partial charge is 0.244 e. The lowest BCUT2D eigenvalue weighted by molar-refractivity contribution is 0.369. The van der Waals surface area contributed by atoms with E-state index in [0.29, 0.717) is 22.0 Å². The van der Waals surface area contributed by atoms with Gasteiger partial charge in [0.05, 0.1) is 4.90 Å². The number of benzene rings is 1. The average Bonchev–Trinajstić information content (AvgIpc) is 3.20.